The topological polar surface area (TPSA) is 15.3 Å². The summed E-state index contributed by atoms with van der Waals surface area (Å²) < 4.78 is 0. The number of piperidine rings is 2. The molecule has 0 radical (unpaired) electrons. The van der Waals surface area contributed by atoms with E-state index in [1.807, 2.05) is 0 Å². The molecule has 2 heteroatoms. The Bertz CT molecular complexity index is 405. The Kier molecular flexibility index (Phi) is 4.59. The van der Waals surface area contributed by atoms with Crippen LogP contribution >= 0.6 is 0 Å². The molecule has 0 amide bonds. The fourth-order valence-corrected chi connectivity index (χ4v) is 5.97. The third kappa shape index (κ3) is 3.01. The Morgan fingerprint density at radius 2 is 2.09 bits per heavy atom. The van der Waals surface area contributed by atoms with Crippen LogP contribution in [0.3, 0.4) is 0 Å². The molecule has 0 spiro atoms. The number of nitrogens with one attached hydrogen (secondary N) is 1. The van der Waals surface area contributed by atoms with Gasteiger partial charge in [-0.05, 0) is 81.7 Å². The lowest BCUT2D eigenvalue weighted by Crippen LogP contribution is -2.52. The minimum absolute atomic E-state index is 0.769. The highest BCUT2D eigenvalue weighted by Gasteiger charge is 2.39. The minimum atomic E-state index is 0.769. The second-order valence-corrected chi connectivity index (χ2v) is 8.55. The number of fused-ring (bicyclic) bond motifs is 2. The summed E-state index contributed by atoms with van der Waals surface area (Å²) in [4.78, 5) is 2.72. The summed E-state index contributed by atoms with van der Waals surface area (Å²) in [6.45, 7) is 6.43. The molecule has 0 bridgehead atoms. The molecule has 4 rings (SSSR count). The summed E-state index contributed by atoms with van der Waals surface area (Å²) in [5, 5.41) is 3.92. The van der Waals surface area contributed by atoms with Crippen molar-refractivity contribution in [3.8, 4) is 0 Å². The highest BCUT2D eigenvalue weighted by molar-refractivity contribution is 5.03. The first kappa shape index (κ1) is 15.2. The maximum absolute atomic E-state index is 3.92. The van der Waals surface area contributed by atoms with Crippen molar-refractivity contribution in [1.29, 1.82) is 0 Å². The zero-order valence-corrected chi connectivity index (χ0v) is 14.3. The van der Waals surface area contributed by atoms with E-state index in [2.05, 4.69) is 29.3 Å². The maximum Gasteiger partial charge on any atom is 0.0280 e. The van der Waals surface area contributed by atoms with Gasteiger partial charge >= 0.3 is 0 Å². The van der Waals surface area contributed by atoms with Crippen molar-refractivity contribution < 1.29 is 0 Å². The van der Waals surface area contributed by atoms with Gasteiger partial charge in [-0.15, -0.1) is 0 Å². The van der Waals surface area contributed by atoms with Crippen LogP contribution in [0.25, 0.3) is 0 Å². The van der Waals surface area contributed by atoms with E-state index in [4.69, 9.17) is 0 Å². The zero-order chi connectivity index (χ0) is 14.9. The van der Waals surface area contributed by atoms with Crippen molar-refractivity contribution >= 4 is 0 Å². The fourth-order valence-electron chi connectivity index (χ4n) is 5.97. The molecule has 124 valence electrons. The number of hydrogen-bond donors (Lipinski definition) is 1. The fraction of sp³-hybridized carbons (Fsp3) is 0.900. The first-order chi connectivity index (χ1) is 10.8. The largest absolute Gasteiger partial charge is 0.313 e. The van der Waals surface area contributed by atoms with Gasteiger partial charge in [0.2, 0.25) is 0 Å². The summed E-state index contributed by atoms with van der Waals surface area (Å²) in [6.07, 6.45) is 16.4. The van der Waals surface area contributed by atoms with Crippen molar-refractivity contribution in [1.82, 2.24) is 10.2 Å². The monoisotopic (exact) mass is 302 g/mol. The van der Waals surface area contributed by atoms with Crippen LogP contribution in [0.4, 0.5) is 0 Å². The average Bonchev–Trinajstić information content (AvgIpc) is 2.56. The first-order valence-corrected chi connectivity index (χ1v) is 9.95. The van der Waals surface area contributed by atoms with E-state index in [1.54, 1.807) is 0 Å². The van der Waals surface area contributed by atoms with Gasteiger partial charge < -0.3 is 5.32 Å². The molecule has 3 heterocycles. The molecule has 1 N–H and O–H groups in total. The molecule has 0 aromatic carbocycles. The first-order valence-electron chi connectivity index (χ1n) is 9.95. The predicted molar refractivity (Wildman–Crippen MR) is 92.9 cm³/mol. The van der Waals surface area contributed by atoms with Crippen LogP contribution in [0.1, 0.15) is 58.3 Å². The van der Waals surface area contributed by atoms with Gasteiger partial charge in [0.25, 0.3) is 0 Å². The van der Waals surface area contributed by atoms with E-state index >= 15 is 0 Å². The van der Waals surface area contributed by atoms with E-state index < -0.39 is 0 Å². The molecule has 2 nitrogen and oxygen atoms in total. The molecule has 3 fully saturated rings. The van der Waals surface area contributed by atoms with Crippen molar-refractivity contribution in [3.63, 3.8) is 0 Å². The van der Waals surface area contributed by atoms with Gasteiger partial charge in [-0.1, -0.05) is 25.5 Å². The summed E-state index contributed by atoms with van der Waals surface area (Å²) in [6, 6.07) is 1.61. The van der Waals surface area contributed by atoms with E-state index in [0.717, 1.165) is 35.8 Å². The van der Waals surface area contributed by atoms with Crippen LogP contribution in [-0.2, 0) is 0 Å². The lowest BCUT2D eigenvalue weighted by Gasteiger charge is -2.47. The summed E-state index contributed by atoms with van der Waals surface area (Å²) in [7, 11) is 0. The van der Waals surface area contributed by atoms with E-state index in [9.17, 15) is 0 Å². The third-order valence-electron chi connectivity index (χ3n) is 7.24. The SMILES string of the molecule is CC1CCNC2C(CC3CCN4CCC=CC4C3)CCCC12. The lowest BCUT2D eigenvalue weighted by molar-refractivity contribution is 0.0668. The molecule has 0 aromatic rings. The van der Waals surface area contributed by atoms with Crippen molar-refractivity contribution in [2.75, 3.05) is 19.6 Å². The maximum atomic E-state index is 3.92. The van der Waals surface area contributed by atoms with Gasteiger partial charge in [-0.2, -0.15) is 0 Å². The van der Waals surface area contributed by atoms with Crippen molar-refractivity contribution in [2.45, 2.75) is 70.4 Å². The highest BCUT2D eigenvalue weighted by atomic mass is 15.2. The van der Waals surface area contributed by atoms with E-state index in [0.29, 0.717) is 0 Å². The standard InChI is InChI=1S/C20H34N2/c1-15-8-10-21-20-17(5-4-7-19(15)20)13-16-9-12-22-11-3-2-6-18(22)14-16/h2,6,15-21H,3-5,7-14H2,1H3. The van der Waals surface area contributed by atoms with Gasteiger partial charge in [0.15, 0.2) is 0 Å². The molecule has 3 aliphatic heterocycles. The zero-order valence-electron chi connectivity index (χ0n) is 14.3. The summed E-state index contributed by atoms with van der Waals surface area (Å²) >= 11 is 0. The van der Waals surface area contributed by atoms with Crippen LogP contribution in [-0.4, -0.2) is 36.6 Å². The van der Waals surface area contributed by atoms with Gasteiger partial charge in [0.05, 0.1) is 0 Å². The molecule has 6 unspecified atom stereocenters. The molecule has 1 saturated carbocycles. The quantitative estimate of drug-likeness (QED) is 0.780. The van der Waals surface area contributed by atoms with Gasteiger partial charge in [-0.25, -0.2) is 0 Å². The van der Waals surface area contributed by atoms with Gasteiger partial charge in [0.1, 0.15) is 0 Å². The predicted octanol–water partition coefficient (Wildman–Crippen LogP) is 3.83. The lowest BCUT2D eigenvalue weighted by atomic mass is 9.66. The Morgan fingerprint density at radius 3 is 3.05 bits per heavy atom. The molecule has 2 saturated heterocycles. The van der Waals surface area contributed by atoms with Crippen molar-refractivity contribution in [3.05, 3.63) is 12.2 Å². The molecular weight excluding hydrogens is 268 g/mol. The van der Waals surface area contributed by atoms with Crippen LogP contribution in [0.5, 0.6) is 0 Å². The molecule has 4 aliphatic rings. The second kappa shape index (κ2) is 6.65. The van der Waals surface area contributed by atoms with E-state index in [1.165, 1.54) is 71.0 Å². The summed E-state index contributed by atoms with van der Waals surface area (Å²) in [5.41, 5.74) is 0. The van der Waals surface area contributed by atoms with Crippen LogP contribution in [0, 0.1) is 23.7 Å². The Morgan fingerprint density at radius 1 is 1.14 bits per heavy atom. The third-order valence-corrected chi connectivity index (χ3v) is 7.24. The molecule has 22 heavy (non-hydrogen) atoms. The Labute approximate surface area is 136 Å². The van der Waals surface area contributed by atoms with Gasteiger partial charge in [-0.3, -0.25) is 4.90 Å². The second-order valence-electron chi connectivity index (χ2n) is 8.55. The molecule has 0 aromatic heterocycles. The van der Waals surface area contributed by atoms with Crippen molar-refractivity contribution in [2.24, 2.45) is 23.7 Å². The molecule has 6 atom stereocenters. The number of rotatable bonds is 2. The van der Waals surface area contributed by atoms with E-state index in [-0.39, 0.29) is 0 Å². The highest BCUT2D eigenvalue weighted by Crippen LogP contribution is 2.42. The molecule has 1 aliphatic carbocycles. The summed E-state index contributed by atoms with van der Waals surface area (Å²) in [5.74, 6) is 3.87. The Hall–Kier alpha value is -0.340. The normalized spacial score (nSPS) is 46.0. The number of hydrogen-bond acceptors (Lipinski definition) is 2. The van der Waals surface area contributed by atoms with Gasteiger partial charge in [0, 0.05) is 18.6 Å². The average molecular weight is 303 g/mol. The number of nitrogens with zero attached hydrogens (tertiary/aromatic N) is 1. The minimum Gasteiger partial charge on any atom is -0.313 e. The van der Waals surface area contributed by atoms with Crippen LogP contribution in [0.15, 0.2) is 12.2 Å². The smallest absolute Gasteiger partial charge is 0.0280 e. The van der Waals surface area contributed by atoms with Crippen LogP contribution < -0.4 is 5.32 Å². The molecular formula is C20H34N2. The van der Waals surface area contributed by atoms with Crippen LogP contribution in [0.2, 0.25) is 0 Å². The Balaban J connectivity index is 1.38.